The smallest absolute Gasteiger partial charge is 0.188 e. The van der Waals surface area contributed by atoms with Crippen LogP contribution in [-0.4, -0.2) is 15.9 Å². The lowest BCUT2D eigenvalue weighted by atomic mass is 9.83. The molecule has 0 saturated heterocycles. The highest BCUT2D eigenvalue weighted by molar-refractivity contribution is 6.63. The van der Waals surface area contributed by atoms with Gasteiger partial charge < -0.3 is 0 Å². The van der Waals surface area contributed by atoms with Gasteiger partial charge in [0.25, 0.3) is 0 Å². The van der Waals surface area contributed by atoms with Crippen molar-refractivity contribution in [1.82, 2.24) is 0 Å². The Hall–Kier alpha value is -0.0800. The summed E-state index contributed by atoms with van der Waals surface area (Å²) in [5, 5.41) is 0. The van der Waals surface area contributed by atoms with Crippen LogP contribution in [0, 0.1) is 10.8 Å². The van der Waals surface area contributed by atoms with Crippen molar-refractivity contribution >= 4 is 34.8 Å². The zero-order valence-corrected chi connectivity index (χ0v) is 9.58. The lowest BCUT2D eigenvalue weighted by Crippen LogP contribution is -2.36. The van der Waals surface area contributed by atoms with Gasteiger partial charge >= 0.3 is 0 Å². The van der Waals surface area contributed by atoms with Gasteiger partial charge in [-0.15, -0.1) is 0 Å². The number of ketones is 2. The Kier molecular flexibility index (Phi) is 2.10. The second-order valence-corrected chi connectivity index (χ2v) is 5.81. The van der Waals surface area contributed by atoms with Crippen LogP contribution in [0.15, 0.2) is 0 Å². The van der Waals surface area contributed by atoms with Crippen LogP contribution in [0.5, 0.6) is 0 Å². The van der Waals surface area contributed by atoms with E-state index >= 15 is 0 Å². The Morgan fingerprint density at radius 2 is 1.31 bits per heavy atom. The molecule has 0 atom stereocenters. The van der Waals surface area contributed by atoms with Crippen LogP contribution in [0.2, 0.25) is 0 Å². The third-order valence-electron chi connectivity index (χ3n) is 2.77. The molecule has 0 N–H and O–H groups in total. The van der Waals surface area contributed by atoms with Gasteiger partial charge in [-0.1, -0.05) is 23.2 Å². The number of hydrogen-bond acceptors (Lipinski definition) is 2. The molecule has 74 valence electrons. The Morgan fingerprint density at radius 1 is 0.923 bits per heavy atom. The van der Waals surface area contributed by atoms with Crippen LogP contribution in [0.25, 0.3) is 0 Å². The zero-order chi connectivity index (χ0) is 10.7. The first-order valence-corrected chi connectivity index (χ1v) is 4.79. The molecule has 0 radical (unpaired) electrons. The molecule has 1 aliphatic rings. The van der Waals surface area contributed by atoms with Gasteiger partial charge in [0.2, 0.25) is 0 Å². The number of halogens is 2. The lowest BCUT2D eigenvalue weighted by Gasteiger charge is -2.25. The molecule has 0 aromatic rings. The first-order valence-electron chi connectivity index (χ1n) is 4.04. The van der Waals surface area contributed by atoms with Crippen LogP contribution in [0.3, 0.4) is 0 Å². The summed E-state index contributed by atoms with van der Waals surface area (Å²) in [5.41, 5.74) is -2.07. The van der Waals surface area contributed by atoms with Crippen LogP contribution in [-0.2, 0) is 9.59 Å². The van der Waals surface area contributed by atoms with E-state index < -0.39 is 20.9 Å². The van der Waals surface area contributed by atoms with Gasteiger partial charge in [-0.05, 0) is 27.7 Å². The monoisotopic (exact) mass is 222 g/mol. The van der Waals surface area contributed by atoms with Crippen molar-refractivity contribution < 1.29 is 9.59 Å². The molecule has 0 aliphatic heterocycles. The molecular weight excluding hydrogens is 211 g/mol. The van der Waals surface area contributed by atoms with Crippen LogP contribution >= 0.6 is 23.2 Å². The van der Waals surface area contributed by atoms with E-state index in [2.05, 4.69) is 0 Å². The number of Topliss-reactive ketones (excluding diaryl/α,β-unsaturated/α-hetero) is 2. The van der Waals surface area contributed by atoms with E-state index in [0.717, 1.165) is 0 Å². The van der Waals surface area contributed by atoms with E-state index in [0.29, 0.717) is 0 Å². The van der Waals surface area contributed by atoms with Crippen molar-refractivity contribution in [2.45, 2.75) is 32.0 Å². The second kappa shape index (κ2) is 2.48. The third kappa shape index (κ3) is 1.08. The summed E-state index contributed by atoms with van der Waals surface area (Å²) in [5.74, 6) is -0.603. The molecule has 0 amide bonds. The molecule has 1 saturated carbocycles. The summed E-state index contributed by atoms with van der Waals surface area (Å²) in [6.45, 7) is 6.32. The lowest BCUT2D eigenvalue weighted by molar-refractivity contribution is -0.135. The maximum Gasteiger partial charge on any atom is 0.188 e. The number of hydrogen-bond donors (Lipinski definition) is 0. The van der Waals surface area contributed by atoms with Gasteiger partial charge in [-0.2, -0.15) is 0 Å². The van der Waals surface area contributed by atoms with E-state index in [1.165, 1.54) is 0 Å². The maximum atomic E-state index is 11.8. The second-order valence-electron chi connectivity index (χ2n) is 4.48. The normalized spacial score (nSPS) is 29.4. The van der Waals surface area contributed by atoms with E-state index in [1.54, 1.807) is 27.7 Å². The van der Waals surface area contributed by atoms with Gasteiger partial charge in [0, 0.05) is 0 Å². The molecule has 1 fully saturated rings. The fourth-order valence-electron chi connectivity index (χ4n) is 1.70. The van der Waals surface area contributed by atoms with Gasteiger partial charge in [-0.25, -0.2) is 0 Å². The fourth-order valence-corrected chi connectivity index (χ4v) is 2.35. The summed E-state index contributed by atoms with van der Waals surface area (Å²) in [4.78, 5) is 23.5. The van der Waals surface area contributed by atoms with E-state index in [9.17, 15) is 9.59 Å². The standard InChI is InChI=1S/C9H12Cl2O2/c1-7(2)5(12)8(3,4)9(10,11)6(7)13/h1-4H3. The minimum absolute atomic E-state index is 0.199. The van der Waals surface area contributed by atoms with Crippen LogP contribution < -0.4 is 0 Å². The molecular formula is C9H12Cl2O2. The molecule has 0 aromatic carbocycles. The van der Waals surface area contributed by atoms with Gasteiger partial charge in [0.1, 0.15) is 0 Å². The van der Waals surface area contributed by atoms with E-state index in [4.69, 9.17) is 23.2 Å². The van der Waals surface area contributed by atoms with Gasteiger partial charge in [0.15, 0.2) is 15.9 Å². The van der Waals surface area contributed by atoms with Crippen LogP contribution in [0.4, 0.5) is 0 Å². The summed E-state index contributed by atoms with van der Waals surface area (Å²) >= 11 is 11.8. The summed E-state index contributed by atoms with van der Waals surface area (Å²) in [6.07, 6.45) is 0. The molecule has 13 heavy (non-hydrogen) atoms. The largest absolute Gasteiger partial charge is 0.298 e. The van der Waals surface area contributed by atoms with Crippen molar-refractivity contribution in [3.8, 4) is 0 Å². The number of carbonyl (C=O) groups excluding carboxylic acids is 2. The highest BCUT2D eigenvalue weighted by Gasteiger charge is 2.67. The average Bonchev–Trinajstić information content (AvgIpc) is 2.05. The van der Waals surface area contributed by atoms with Crippen molar-refractivity contribution in [2.75, 3.05) is 0 Å². The quantitative estimate of drug-likeness (QED) is 0.466. The maximum absolute atomic E-state index is 11.8. The molecule has 1 aliphatic carbocycles. The molecule has 0 spiro atoms. The summed E-state index contributed by atoms with van der Waals surface area (Å²) in [6, 6.07) is 0. The van der Waals surface area contributed by atoms with Gasteiger partial charge in [0.05, 0.1) is 10.8 Å². The van der Waals surface area contributed by atoms with Crippen molar-refractivity contribution in [3.63, 3.8) is 0 Å². The van der Waals surface area contributed by atoms with Crippen molar-refractivity contribution in [2.24, 2.45) is 10.8 Å². The number of rotatable bonds is 0. The Balaban J connectivity index is 3.38. The Bertz CT molecular complexity index is 262. The van der Waals surface area contributed by atoms with Gasteiger partial charge in [-0.3, -0.25) is 9.59 Å². The molecule has 2 nitrogen and oxygen atoms in total. The number of carbonyl (C=O) groups is 2. The van der Waals surface area contributed by atoms with E-state index in [1.807, 2.05) is 0 Å². The minimum Gasteiger partial charge on any atom is -0.298 e. The fraction of sp³-hybridized carbons (Fsp3) is 0.778. The zero-order valence-electron chi connectivity index (χ0n) is 8.07. The highest BCUT2D eigenvalue weighted by atomic mass is 35.5. The van der Waals surface area contributed by atoms with E-state index in [-0.39, 0.29) is 5.78 Å². The first kappa shape index (κ1) is 11.0. The molecule has 4 heteroatoms. The van der Waals surface area contributed by atoms with Crippen molar-refractivity contribution in [1.29, 1.82) is 0 Å². The predicted molar refractivity (Wildman–Crippen MR) is 52.0 cm³/mol. The summed E-state index contributed by atoms with van der Waals surface area (Å²) in [7, 11) is 0. The SMILES string of the molecule is CC1(C)C(=O)C(C)(C)C(Cl)(Cl)C1=O. The highest BCUT2D eigenvalue weighted by Crippen LogP contribution is 2.55. The molecule has 1 rings (SSSR count). The molecule has 0 heterocycles. The molecule has 0 bridgehead atoms. The van der Waals surface area contributed by atoms with Crippen LogP contribution in [0.1, 0.15) is 27.7 Å². The Labute approximate surface area is 87.6 Å². The number of alkyl halides is 2. The van der Waals surface area contributed by atoms with Crippen molar-refractivity contribution in [3.05, 3.63) is 0 Å². The molecule has 0 aromatic heterocycles. The predicted octanol–water partition coefficient (Wildman–Crippen LogP) is 2.36. The topological polar surface area (TPSA) is 34.1 Å². The Morgan fingerprint density at radius 3 is 1.38 bits per heavy atom. The summed E-state index contributed by atoms with van der Waals surface area (Å²) < 4.78 is -1.59. The molecule has 0 unspecified atom stereocenters. The third-order valence-corrected chi connectivity index (χ3v) is 4.06. The minimum atomic E-state index is -1.59. The average molecular weight is 223 g/mol. The first-order chi connectivity index (χ1) is 5.56.